The Morgan fingerprint density at radius 2 is 2.28 bits per heavy atom. The molecule has 7 heteroatoms. The van der Waals surface area contributed by atoms with Crippen LogP contribution >= 0.6 is 0 Å². The number of aromatic nitrogens is 3. The number of ether oxygens (including phenoxy) is 1. The van der Waals surface area contributed by atoms with Gasteiger partial charge in [-0.1, -0.05) is 0 Å². The molecule has 18 heavy (non-hydrogen) atoms. The summed E-state index contributed by atoms with van der Waals surface area (Å²) >= 11 is 0. The minimum absolute atomic E-state index is 0.140. The van der Waals surface area contributed by atoms with E-state index in [4.69, 9.17) is 10.5 Å². The fourth-order valence-electron chi connectivity index (χ4n) is 1.52. The Labute approximate surface area is 104 Å². The highest BCUT2D eigenvalue weighted by Crippen LogP contribution is 2.28. The molecule has 0 unspecified atom stereocenters. The highest BCUT2D eigenvalue weighted by Gasteiger charge is 2.08. The minimum Gasteiger partial charge on any atom is -0.494 e. The average Bonchev–Trinajstić information content (AvgIpc) is 2.74. The van der Waals surface area contributed by atoms with Crippen LogP contribution in [0.15, 0.2) is 18.5 Å². The van der Waals surface area contributed by atoms with Crippen LogP contribution in [0.1, 0.15) is 5.82 Å². The first-order valence-corrected chi connectivity index (χ1v) is 5.31. The third kappa shape index (κ3) is 2.50. The molecule has 0 spiro atoms. The quantitative estimate of drug-likeness (QED) is 0.797. The standard InChI is InChI=1S/C11H14FN5O/c1-17-6-15-11(16-17)5-14-9-4-10(18-2)7(12)3-8(9)13/h3-4,6,14H,5,13H2,1-2H3. The lowest BCUT2D eigenvalue weighted by Gasteiger charge is -2.10. The smallest absolute Gasteiger partial charge is 0.169 e. The molecular weight excluding hydrogens is 237 g/mol. The summed E-state index contributed by atoms with van der Waals surface area (Å²) < 4.78 is 19.8. The Balaban J connectivity index is 2.13. The highest BCUT2D eigenvalue weighted by atomic mass is 19.1. The maximum Gasteiger partial charge on any atom is 0.169 e. The van der Waals surface area contributed by atoms with Crippen molar-refractivity contribution in [3.8, 4) is 5.75 Å². The van der Waals surface area contributed by atoms with Gasteiger partial charge >= 0.3 is 0 Å². The van der Waals surface area contributed by atoms with Crippen molar-refractivity contribution >= 4 is 11.4 Å². The van der Waals surface area contributed by atoms with Crippen molar-refractivity contribution in [2.75, 3.05) is 18.2 Å². The molecule has 0 aliphatic carbocycles. The van der Waals surface area contributed by atoms with Crippen LogP contribution in [-0.4, -0.2) is 21.9 Å². The largest absolute Gasteiger partial charge is 0.494 e. The molecule has 0 radical (unpaired) electrons. The van der Waals surface area contributed by atoms with Gasteiger partial charge < -0.3 is 15.8 Å². The Morgan fingerprint density at radius 1 is 1.50 bits per heavy atom. The van der Waals surface area contributed by atoms with E-state index in [1.165, 1.54) is 19.2 Å². The van der Waals surface area contributed by atoms with E-state index < -0.39 is 5.82 Å². The van der Waals surface area contributed by atoms with E-state index in [2.05, 4.69) is 15.4 Å². The second kappa shape index (κ2) is 4.91. The van der Waals surface area contributed by atoms with Gasteiger partial charge in [-0.15, -0.1) is 0 Å². The van der Waals surface area contributed by atoms with Crippen LogP contribution in [0.4, 0.5) is 15.8 Å². The lowest BCUT2D eigenvalue weighted by Crippen LogP contribution is -2.05. The molecule has 2 rings (SSSR count). The Bertz CT molecular complexity index is 554. The van der Waals surface area contributed by atoms with E-state index >= 15 is 0 Å². The van der Waals surface area contributed by atoms with Gasteiger partial charge in [0, 0.05) is 19.2 Å². The molecule has 96 valence electrons. The minimum atomic E-state index is -0.489. The van der Waals surface area contributed by atoms with Gasteiger partial charge in [0.15, 0.2) is 17.4 Å². The molecule has 1 aromatic heterocycles. The number of nitrogens with two attached hydrogens (primary N) is 1. The summed E-state index contributed by atoms with van der Waals surface area (Å²) in [5, 5.41) is 7.15. The molecule has 6 nitrogen and oxygen atoms in total. The first-order chi connectivity index (χ1) is 8.60. The summed E-state index contributed by atoms with van der Waals surface area (Å²) in [7, 11) is 3.18. The number of hydrogen-bond donors (Lipinski definition) is 2. The molecule has 3 N–H and O–H groups in total. The van der Waals surface area contributed by atoms with Gasteiger partial charge in [-0.25, -0.2) is 9.37 Å². The van der Waals surface area contributed by atoms with Gasteiger partial charge in [-0.3, -0.25) is 4.68 Å². The molecule has 0 aliphatic heterocycles. The summed E-state index contributed by atoms with van der Waals surface area (Å²) in [6.07, 6.45) is 1.60. The molecule has 1 heterocycles. The summed E-state index contributed by atoms with van der Waals surface area (Å²) in [6.45, 7) is 0.403. The molecule has 0 fully saturated rings. The van der Waals surface area contributed by atoms with Crippen molar-refractivity contribution < 1.29 is 9.13 Å². The topological polar surface area (TPSA) is 78.0 Å². The number of benzene rings is 1. The second-order valence-corrected chi connectivity index (χ2v) is 3.76. The summed E-state index contributed by atoms with van der Waals surface area (Å²) in [4.78, 5) is 4.06. The van der Waals surface area contributed by atoms with Crippen molar-refractivity contribution in [1.29, 1.82) is 0 Å². The normalized spacial score (nSPS) is 10.4. The number of halogens is 1. The first-order valence-electron chi connectivity index (χ1n) is 5.31. The average molecular weight is 251 g/mol. The number of aryl methyl sites for hydroxylation is 1. The van der Waals surface area contributed by atoms with Gasteiger partial charge in [0.05, 0.1) is 25.0 Å². The molecular formula is C11H14FN5O. The number of nitrogen functional groups attached to an aromatic ring is 1. The van der Waals surface area contributed by atoms with Gasteiger partial charge in [0.1, 0.15) is 6.33 Å². The molecule has 0 amide bonds. The number of rotatable bonds is 4. The maximum atomic E-state index is 13.3. The van der Waals surface area contributed by atoms with E-state index in [1.807, 2.05) is 0 Å². The second-order valence-electron chi connectivity index (χ2n) is 3.76. The molecule has 0 atom stereocenters. The summed E-state index contributed by atoms with van der Waals surface area (Å²) in [6, 6.07) is 2.72. The summed E-state index contributed by atoms with van der Waals surface area (Å²) in [5.74, 6) is 0.275. The van der Waals surface area contributed by atoms with Crippen LogP contribution in [0, 0.1) is 5.82 Å². The number of nitrogens with one attached hydrogen (secondary N) is 1. The van der Waals surface area contributed by atoms with Crippen LogP contribution < -0.4 is 15.8 Å². The lowest BCUT2D eigenvalue weighted by atomic mass is 10.2. The van der Waals surface area contributed by atoms with Gasteiger partial charge in [-0.05, 0) is 0 Å². The fourth-order valence-corrected chi connectivity index (χ4v) is 1.52. The third-order valence-electron chi connectivity index (χ3n) is 2.41. The molecule has 0 aliphatic rings. The Kier molecular flexibility index (Phi) is 3.31. The van der Waals surface area contributed by atoms with Gasteiger partial charge in [-0.2, -0.15) is 5.10 Å². The monoisotopic (exact) mass is 251 g/mol. The predicted molar refractivity (Wildman–Crippen MR) is 65.7 cm³/mol. The fraction of sp³-hybridized carbons (Fsp3) is 0.273. The number of hydrogen-bond acceptors (Lipinski definition) is 5. The zero-order valence-corrected chi connectivity index (χ0v) is 10.1. The molecule has 0 saturated heterocycles. The Hall–Kier alpha value is -2.31. The van der Waals surface area contributed by atoms with E-state index in [0.717, 1.165) is 0 Å². The van der Waals surface area contributed by atoms with E-state index in [0.29, 0.717) is 23.7 Å². The number of anilines is 2. The molecule has 1 aromatic carbocycles. The zero-order chi connectivity index (χ0) is 13.1. The van der Waals surface area contributed by atoms with Crippen molar-refractivity contribution in [3.05, 3.63) is 30.1 Å². The van der Waals surface area contributed by atoms with Crippen molar-refractivity contribution in [3.63, 3.8) is 0 Å². The lowest BCUT2D eigenvalue weighted by molar-refractivity contribution is 0.387. The Morgan fingerprint density at radius 3 is 2.89 bits per heavy atom. The highest BCUT2D eigenvalue weighted by molar-refractivity contribution is 5.68. The van der Waals surface area contributed by atoms with Crippen LogP contribution in [0.25, 0.3) is 0 Å². The molecule has 0 saturated carbocycles. The summed E-state index contributed by atoms with van der Waals surface area (Å²) in [5.41, 5.74) is 6.60. The zero-order valence-electron chi connectivity index (χ0n) is 10.1. The van der Waals surface area contributed by atoms with Crippen molar-refractivity contribution in [1.82, 2.24) is 14.8 Å². The first kappa shape index (κ1) is 12.2. The molecule has 2 aromatic rings. The molecule has 0 bridgehead atoms. The van der Waals surface area contributed by atoms with Crippen molar-refractivity contribution in [2.45, 2.75) is 6.54 Å². The van der Waals surface area contributed by atoms with Crippen LogP contribution in [0.5, 0.6) is 5.75 Å². The number of nitrogens with zero attached hydrogens (tertiary/aromatic N) is 3. The van der Waals surface area contributed by atoms with E-state index in [9.17, 15) is 4.39 Å². The van der Waals surface area contributed by atoms with Crippen LogP contribution in [0.2, 0.25) is 0 Å². The van der Waals surface area contributed by atoms with E-state index in [-0.39, 0.29) is 5.75 Å². The SMILES string of the molecule is COc1cc(NCc2ncn(C)n2)c(N)cc1F. The predicted octanol–water partition coefficient (Wildman–Crippen LogP) is 1.16. The maximum absolute atomic E-state index is 13.3. The van der Waals surface area contributed by atoms with Crippen LogP contribution in [0.3, 0.4) is 0 Å². The van der Waals surface area contributed by atoms with Gasteiger partial charge in [0.2, 0.25) is 0 Å². The third-order valence-corrected chi connectivity index (χ3v) is 2.41. The van der Waals surface area contributed by atoms with Crippen LogP contribution in [-0.2, 0) is 13.6 Å². The van der Waals surface area contributed by atoms with Gasteiger partial charge in [0.25, 0.3) is 0 Å². The number of methoxy groups -OCH3 is 1. The van der Waals surface area contributed by atoms with Crippen molar-refractivity contribution in [2.24, 2.45) is 7.05 Å². The van der Waals surface area contributed by atoms with E-state index in [1.54, 1.807) is 18.1 Å².